The Morgan fingerprint density at radius 2 is 1.62 bits per heavy atom. The molecule has 7 heteroatoms. The highest BCUT2D eigenvalue weighted by molar-refractivity contribution is 5.89. The van der Waals surface area contributed by atoms with Crippen LogP contribution in [0.3, 0.4) is 0 Å². The number of fused-ring (bicyclic) bond motifs is 1. The van der Waals surface area contributed by atoms with Crippen molar-refractivity contribution in [1.29, 1.82) is 0 Å². The van der Waals surface area contributed by atoms with Gasteiger partial charge in [-0.3, -0.25) is 9.47 Å². The second-order valence-electron chi connectivity index (χ2n) is 8.20. The first-order chi connectivity index (χ1) is 14.2. The molecule has 1 aromatic heterocycles. The lowest BCUT2D eigenvalue weighted by Crippen LogP contribution is -2.43. The molecule has 4 rings (SSSR count). The molecule has 0 radical (unpaired) electrons. The van der Waals surface area contributed by atoms with Crippen molar-refractivity contribution in [2.45, 2.75) is 57.5 Å². The van der Waals surface area contributed by atoms with E-state index in [0.29, 0.717) is 12.1 Å². The number of carbonyl (C=O) groups excluding carboxylic acids is 1. The first-order valence-electron chi connectivity index (χ1n) is 11.1. The molecule has 2 aromatic rings. The van der Waals surface area contributed by atoms with Crippen LogP contribution in [0, 0.1) is 0 Å². The van der Waals surface area contributed by atoms with Crippen LogP contribution in [0.25, 0.3) is 11.0 Å². The van der Waals surface area contributed by atoms with Crippen LogP contribution in [0.1, 0.15) is 44.9 Å². The minimum absolute atomic E-state index is 0.158. The normalized spacial score (nSPS) is 19.7. The molecule has 0 bridgehead atoms. The van der Waals surface area contributed by atoms with Crippen molar-refractivity contribution in [2.24, 2.45) is 0 Å². The van der Waals surface area contributed by atoms with Gasteiger partial charge in [-0.1, -0.05) is 44.2 Å². The number of hydrogen-bond acceptors (Lipinski definition) is 4. The van der Waals surface area contributed by atoms with E-state index in [2.05, 4.69) is 10.2 Å². The third kappa shape index (κ3) is 4.73. The summed E-state index contributed by atoms with van der Waals surface area (Å²) in [6, 6.07) is 7.46. The van der Waals surface area contributed by atoms with Gasteiger partial charge >= 0.3 is 11.7 Å². The average molecular weight is 401 g/mol. The number of para-hydroxylation sites is 2. The largest absolute Gasteiger partial charge is 0.379 e. The molecule has 158 valence electrons. The Balaban J connectivity index is 1.54. The fourth-order valence-electron chi connectivity index (χ4n) is 4.53. The average Bonchev–Trinajstić information content (AvgIpc) is 3.00. The second-order valence-corrected chi connectivity index (χ2v) is 8.20. The molecule has 2 aliphatic rings. The molecule has 7 nitrogen and oxygen atoms in total. The molecule has 0 spiro atoms. The number of nitrogens with one attached hydrogen (secondary N) is 1. The Kier molecular flexibility index (Phi) is 6.67. The van der Waals surface area contributed by atoms with Gasteiger partial charge in [-0.2, -0.15) is 0 Å². The lowest BCUT2D eigenvalue weighted by molar-refractivity contribution is 0.0364. The zero-order chi connectivity index (χ0) is 20.1. The first-order valence-corrected chi connectivity index (χ1v) is 11.1. The van der Waals surface area contributed by atoms with E-state index in [-0.39, 0.29) is 17.8 Å². The lowest BCUT2D eigenvalue weighted by atomic mass is 9.97. The van der Waals surface area contributed by atoms with Crippen molar-refractivity contribution < 1.29 is 9.53 Å². The van der Waals surface area contributed by atoms with E-state index in [4.69, 9.17) is 4.74 Å². The smallest absolute Gasteiger partial charge is 0.337 e. The summed E-state index contributed by atoms with van der Waals surface area (Å²) in [7, 11) is 0. The quantitative estimate of drug-likeness (QED) is 0.857. The fraction of sp³-hybridized carbons (Fsp3) is 0.636. The Bertz CT molecular complexity index is 874. The summed E-state index contributed by atoms with van der Waals surface area (Å²) in [4.78, 5) is 28.6. The Morgan fingerprint density at radius 3 is 2.34 bits per heavy atom. The first kappa shape index (κ1) is 20.2. The summed E-state index contributed by atoms with van der Waals surface area (Å²) in [5.74, 6) is 0. The summed E-state index contributed by atoms with van der Waals surface area (Å²) < 4.78 is 8.47. The van der Waals surface area contributed by atoms with E-state index in [1.807, 2.05) is 24.3 Å². The van der Waals surface area contributed by atoms with Crippen LogP contribution in [-0.2, 0) is 11.3 Å². The van der Waals surface area contributed by atoms with E-state index in [1.54, 1.807) is 4.57 Å². The molecule has 2 heterocycles. The van der Waals surface area contributed by atoms with Crippen LogP contribution in [-0.4, -0.2) is 59.0 Å². The summed E-state index contributed by atoms with van der Waals surface area (Å²) in [5.41, 5.74) is 1.25. The number of hydrogen-bond donors (Lipinski definition) is 1. The van der Waals surface area contributed by atoms with Crippen LogP contribution in [0.4, 0.5) is 4.79 Å². The van der Waals surface area contributed by atoms with Crippen molar-refractivity contribution in [2.75, 3.05) is 32.8 Å². The maximum absolute atomic E-state index is 13.2. The SMILES string of the molecule is O=C(NC1CCCCCCC1)n1c(=O)n(CCN2CCOCC2)c2ccccc21. The molecule has 29 heavy (non-hydrogen) atoms. The summed E-state index contributed by atoms with van der Waals surface area (Å²) >= 11 is 0. The number of imidazole rings is 1. The van der Waals surface area contributed by atoms with Gasteiger partial charge in [-0.25, -0.2) is 14.2 Å². The highest BCUT2D eigenvalue weighted by Crippen LogP contribution is 2.18. The molecule has 0 unspecified atom stereocenters. The lowest BCUT2D eigenvalue weighted by Gasteiger charge is -2.26. The van der Waals surface area contributed by atoms with Crippen LogP contribution in [0.5, 0.6) is 0 Å². The third-order valence-electron chi connectivity index (χ3n) is 6.22. The minimum Gasteiger partial charge on any atom is -0.379 e. The molecular formula is C22H32N4O3. The van der Waals surface area contributed by atoms with Crippen molar-refractivity contribution in [3.63, 3.8) is 0 Å². The number of amides is 1. The number of carbonyl (C=O) groups is 1. The van der Waals surface area contributed by atoms with Gasteiger partial charge in [0.2, 0.25) is 0 Å². The number of aromatic nitrogens is 2. The Hall–Kier alpha value is -2.12. The van der Waals surface area contributed by atoms with Crippen LogP contribution in [0.15, 0.2) is 29.1 Å². The number of morpholine rings is 1. The third-order valence-corrected chi connectivity index (χ3v) is 6.22. The molecule has 1 aliphatic carbocycles. The van der Waals surface area contributed by atoms with Gasteiger partial charge in [0.05, 0.1) is 24.2 Å². The van der Waals surface area contributed by atoms with Gasteiger partial charge in [-0.05, 0) is 25.0 Å². The molecule has 1 saturated carbocycles. The summed E-state index contributed by atoms with van der Waals surface area (Å²) in [6.07, 6.45) is 8.02. The summed E-state index contributed by atoms with van der Waals surface area (Å²) in [6.45, 7) is 4.59. The van der Waals surface area contributed by atoms with Gasteiger partial charge in [0.1, 0.15) is 0 Å². The molecule has 1 saturated heterocycles. The molecular weight excluding hydrogens is 368 g/mol. The number of ether oxygens (including phenoxy) is 1. The predicted octanol–water partition coefficient (Wildman–Crippen LogP) is 2.81. The minimum atomic E-state index is -0.290. The summed E-state index contributed by atoms with van der Waals surface area (Å²) in [5, 5.41) is 3.14. The zero-order valence-electron chi connectivity index (χ0n) is 17.1. The molecule has 1 N–H and O–H groups in total. The van der Waals surface area contributed by atoms with Crippen molar-refractivity contribution in [3.05, 3.63) is 34.7 Å². The van der Waals surface area contributed by atoms with Gasteiger partial charge < -0.3 is 10.1 Å². The standard InChI is InChI=1S/C22H32N4O3/c27-21(23-18-8-4-2-1-3-5-9-18)26-20-11-7-6-10-19(20)25(22(26)28)13-12-24-14-16-29-17-15-24/h6-7,10-11,18H,1-5,8-9,12-17H2,(H,23,27). The van der Waals surface area contributed by atoms with Crippen molar-refractivity contribution in [3.8, 4) is 0 Å². The van der Waals surface area contributed by atoms with E-state index in [1.165, 1.54) is 23.8 Å². The van der Waals surface area contributed by atoms with Crippen molar-refractivity contribution in [1.82, 2.24) is 19.4 Å². The maximum Gasteiger partial charge on any atom is 0.337 e. The topological polar surface area (TPSA) is 68.5 Å². The molecule has 1 amide bonds. The van der Waals surface area contributed by atoms with Crippen molar-refractivity contribution >= 4 is 17.1 Å². The Morgan fingerprint density at radius 1 is 0.966 bits per heavy atom. The van der Waals surface area contributed by atoms with Crippen LogP contribution >= 0.6 is 0 Å². The molecule has 1 aromatic carbocycles. The fourth-order valence-corrected chi connectivity index (χ4v) is 4.53. The number of nitrogens with zero attached hydrogens (tertiary/aromatic N) is 3. The monoisotopic (exact) mass is 400 g/mol. The number of benzene rings is 1. The predicted molar refractivity (Wildman–Crippen MR) is 113 cm³/mol. The van der Waals surface area contributed by atoms with E-state index in [9.17, 15) is 9.59 Å². The highest BCUT2D eigenvalue weighted by atomic mass is 16.5. The van der Waals surface area contributed by atoms with E-state index in [0.717, 1.165) is 64.0 Å². The molecule has 2 fully saturated rings. The second kappa shape index (κ2) is 9.59. The van der Waals surface area contributed by atoms with E-state index < -0.39 is 0 Å². The van der Waals surface area contributed by atoms with Gasteiger partial charge in [0.15, 0.2) is 0 Å². The molecule has 0 atom stereocenters. The maximum atomic E-state index is 13.2. The van der Waals surface area contributed by atoms with Gasteiger partial charge in [-0.15, -0.1) is 0 Å². The Labute approximate surface area is 171 Å². The van der Waals surface area contributed by atoms with Gasteiger partial charge in [0, 0.05) is 32.2 Å². The van der Waals surface area contributed by atoms with E-state index >= 15 is 0 Å². The van der Waals surface area contributed by atoms with Crippen LogP contribution < -0.4 is 11.0 Å². The zero-order valence-corrected chi connectivity index (χ0v) is 17.1. The highest BCUT2D eigenvalue weighted by Gasteiger charge is 2.21. The number of rotatable bonds is 4. The van der Waals surface area contributed by atoms with Gasteiger partial charge in [0.25, 0.3) is 0 Å². The van der Waals surface area contributed by atoms with Crippen LogP contribution in [0.2, 0.25) is 0 Å². The molecule has 1 aliphatic heterocycles.